The summed E-state index contributed by atoms with van der Waals surface area (Å²) in [5.74, 6) is -5.35. The molecule has 510 valence electrons. The number of thioether (sulfide) groups is 1. The summed E-state index contributed by atoms with van der Waals surface area (Å²) in [6.07, 6.45) is 2.22. The van der Waals surface area contributed by atoms with Gasteiger partial charge in [0.1, 0.15) is 16.3 Å². The number of hydrogen-bond donors (Lipinski definition) is 8. The molecule has 0 atom stereocenters. The fourth-order valence-corrected chi connectivity index (χ4v) is 13.6. The van der Waals surface area contributed by atoms with Gasteiger partial charge in [-0.2, -0.15) is 31.8 Å². The summed E-state index contributed by atoms with van der Waals surface area (Å²) in [5, 5.41) is 29.1. The van der Waals surface area contributed by atoms with Crippen LogP contribution in [0.4, 0.5) is 67.4 Å². The van der Waals surface area contributed by atoms with Crippen LogP contribution in [0.1, 0.15) is 77.6 Å². The molecule has 30 nitrogen and oxygen atoms in total. The van der Waals surface area contributed by atoms with Gasteiger partial charge in [0.2, 0.25) is 11.9 Å². The minimum atomic E-state index is -5.33. The molecule has 3 aromatic heterocycles. The average molecular weight is 1450 g/mol. The number of azo groups is 2. The van der Waals surface area contributed by atoms with Crippen LogP contribution in [0.3, 0.4) is 0 Å². The maximum absolute atomic E-state index is 13.5. The van der Waals surface area contributed by atoms with E-state index in [1.165, 1.54) is 37.3 Å². The SMILES string of the molecule is CCN(CC)c1ccc(N=Nc2sc(/C=C(\C(C)=O)C(=O)Nc3ccccc3)cc2C(N)=O)c(Nc2nc(Nc3cc(N(CC)CC)ccc3N=Nc3sc(/C=C(/C(C)=O)C(=O)Nc4ccccc4)c(S(=O)(=O)O)c3C(N)=O)nc(SCc3cccc(S(=O)(=O)O)c3)n2)c1.O=S(=O)=O. The van der Waals surface area contributed by atoms with E-state index in [1.54, 1.807) is 103 Å². The minimum Gasteiger partial charge on any atom is -0.372 e. The van der Waals surface area contributed by atoms with Gasteiger partial charge in [0, 0.05) is 59.6 Å². The molecule has 8 rings (SSSR count). The van der Waals surface area contributed by atoms with Crippen LogP contribution >= 0.6 is 34.4 Å². The van der Waals surface area contributed by atoms with E-state index in [-0.39, 0.29) is 66.6 Å². The first-order valence-corrected chi connectivity index (χ1v) is 35.4. The maximum Gasteiger partial charge on any atom is 0.425 e. The highest BCUT2D eigenvalue weighted by atomic mass is 32.2. The van der Waals surface area contributed by atoms with Crippen molar-refractivity contribution in [3.63, 3.8) is 0 Å². The quantitative estimate of drug-likeness (QED) is 0.00539. The lowest BCUT2D eigenvalue weighted by molar-refractivity contribution is -0.120. The second-order valence-electron chi connectivity index (χ2n) is 20.2. The van der Waals surface area contributed by atoms with Crippen LogP contribution in [-0.4, -0.2) is 115 Å². The van der Waals surface area contributed by atoms with Crippen LogP contribution in [0.5, 0.6) is 0 Å². The first-order chi connectivity index (χ1) is 46.5. The third-order valence-electron chi connectivity index (χ3n) is 13.6. The Morgan fingerprint density at radius 1 is 0.582 bits per heavy atom. The van der Waals surface area contributed by atoms with Crippen molar-refractivity contribution in [1.82, 2.24) is 15.0 Å². The van der Waals surface area contributed by atoms with Crippen molar-refractivity contribution >= 4 is 180 Å². The molecule has 10 N–H and O–H groups in total. The van der Waals surface area contributed by atoms with Gasteiger partial charge in [0.25, 0.3) is 43.9 Å². The van der Waals surface area contributed by atoms with Crippen molar-refractivity contribution in [3.05, 3.63) is 165 Å². The van der Waals surface area contributed by atoms with Gasteiger partial charge in [-0.1, -0.05) is 60.3 Å². The molecule has 98 heavy (non-hydrogen) atoms. The van der Waals surface area contributed by atoms with E-state index in [9.17, 15) is 54.7 Å². The Bertz CT molecular complexity index is 4840. The molecular weight excluding hydrogens is 1390 g/mol. The third kappa shape index (κ3) is 20.5. The molecule has 0 spiro atoms. The molecule has 8 aromatic rings. The number of primary amides is 2. The summed E-state index contributed by atoms with van der Waals surface area (Å²) < 4.78 is 96.3. The van der Waals surface area contributed by atoms with Gasteiger partial charge in [-0.25, -0.2) is 0 Å². The van der Waals surface area contributed by atoms with Crippen molar-refractivity contribution in [1.29, 1.82) is 0 Å². The molecule has 5 aromatic carbocycles. The van der Waals surface area contributed by atoms with Gasteiger partial charge in [0.15, 0.2) is 26.7 Å². The summed E-state index contributed by atoms with van der Waals surface area (Å²) in [4.78, 5) is 95.5. The molecule has 0 unspecified atom stereocenters. The van der Waals surface area contributed by atoms with E-state index in [2.05, 4.69) is 46.6 Å². The highest BCUT2D eigenvalue weighted by Gasteiger charge is 2.32. The van der Waals surface area contributed by atoms with E-state index < -0.39 is 92.0 Å². The molecule has 0 aliphatic heterocycles. The number of thiophene rings is 2. The number of Topliss-reactive ketones (excluding diaryl/α,β-unsaturated/α-hetero) is 2. The number of aromatic nitrogens is 3. The number of carbonyl (C=O) groups is 6. The second-order valence-corrected chi connectivity index (χ2v) is 26.4. The Labute approximate surface area is 575 Å². The number of nitrogens with two attached hydrogens (primary N) is 2. The van der Waals surface area contributed by atoms with E-state index in [0.29, 0.717) is 65.0 Å². The molecule has 4 amide bonds. The summed E-state index contributed by atoms with van der Waals surface area (Å²) in [6, 6.07) is 33.8. The number of benzene rings is 5. The number of amides is 4. The molecule has 36 heteroatoms. The summed E-state index contributed by atoms with van der Waals surface area (Å²) in [5.41, 5.74) is 13.3. The number of ketones is 2. The molecular formula is C62H61N15O15S6. The fourth-order valence-electron chi connectivity index (χ4n) is 9.06. The van der Waals surface area contributed by atoms with Crippen molar-refractivity contribution < 1.29 is 67.3 Å². The maximum atomic E-state index is 13.5. The van der Waals surface area contributed by atoms with Crippen LogP contribution in [0.2, 0.25) is 0 Å². The van der Waals surface area contributed by atoms with Crippen LogP contribution in [0, 0.1) is 0 Å². The lowest BCUT2D eigenvalue weighted by Crippen LogP contribution is -2.21. The summed E-state index contributed by atoms with van der Waals surface area (Å²) >= 11 is 2.48. The molecule has 0 saturated carbocycles. The van der Waals surface area contributed by atoms with Crippen molar-refractivity contribution in [2.24, 2.45) is 31.9 Å². The lowest BCUT2D eigenvalue weighted by atomic mass is 10.1. The predicted molar refractivity (Wildman–Crippen MR) is 373 cm³/mol. The Morgan fingerprint density at radius 3 is 1.50 bits per heavy atom. The first kappa shape index (κ1) is 74.8. The van der Waals surface area contributed by atoms with Gasteiger partial charge in [-0.3, -0.25) is 37.9 Å². The number of para-hydroxylation sites is 2. The number of nitrogens with zero attached hydrogens (tertiary/aromatic N) is 9. The number of nitrogens with one attached hydrogen (secondary N) is 4. The standard InChI is InChI=1S/C62H61N15O12S5.O3S/c1-7-76(8-2)40-24-26-47(72-74-58-46(54(63)80)32-42(91-58)31-44(35(5)78)56(82)65-38-19-13-11-14-20-38)49(29-40)67-60-69-61(71-62(70-60)90-34-37-18-17-23-43(28-37)93(84,85)86)68-50-30-41(77(9-3)10-4)25-27-48(50)73-75-59-52(55(64)81)53(94(87,88)89)51(92-59)33-45(36(6)79)57(83)66-39-21-15-12-16-22-39;1-4(2)3/h11-33H,7-10,34H2,1-6H3,(H2,63,80)(H2,64,81)(H,65,82)(H,66,83)(H,84,85,86)(H,87,88,89)(H2,67,68,69,70,71);/b44-31+,45-33-,74-72?,75-73?;. The number of anilines is 8. The predicted octanol–water partition coefficient (Wildman–Crippen LogP) is 11.2. The van der Waals surface area contributed by atoms with Gasteiger partial charge < -0.3 is 42.5 Å². The largest absolute Gasteiger partial charge is 0.425 e. The molecule has 3 heterocycles. The summed E-state index contributed by atoms with van der Waals surface area (Å²) in [6.45, 7) is 12.4. The van der Waals surface area contributed by atoms with Crippen molar-refractivity contribution in [2.45, 2.75) is 62.2 Å². The van der Waals surface area contributed by atoms with Crippen LogP contribution in [-0.2, 0) is 55.8 Å². The lowest BCUT2D eigenvalue weighted by Gasteiger charge is -2.22. The van der Waals surface area contributed by atoms with Crippen molar-refractivity contribution in [3.8, 4) is 0 Å². The molecule has 0 radical (unpaired) electrons. The third-order valence-corrected chi connectivity index (χ3v) is 18.5. The zero-order valence-corrected chi connectivity index (χ0v) is 57.5. The van der Waals surface area contributed by atoms with Crippen LogP contribution < -0.4 is 42.5 Å². The van der Waals surface area contributed by atoms with Crippen LogP contribution in [0.15, 0.2) is 174 Å². The van der Waals surface area contributed by atoms with E-state index in [4.69, 9.17) is 39.0 Å². The molecule has 0 bridgehead atoms. The van der Waals surface area contributed by atoms with Crippen molar-refractivity contribution in [2.75, 3.05) is 57.2 Å². The van der Waals surface area contributed by atoms with E-state index in [0.717, 1.165) is 41.8 Å². The Kier molecular flexibility index (Phi) is 25.8. The van der Waals surface area contributed by atoms with E-state index in [1.807, 2.05) is 32.6 Å². The Morgan fingerprint density at radius 2 is 1.06 bits per heavy atom. The van der Waals surface area contributed by atoms with E-state index >= 15 is 0 Å². The highest BCUT2D eigenvalue weighted by molar-refractivity contribution is 7.98. The zero-order chi connectivity index (χ0) is 71.6. The number of carbonyl (C=O) groups excluding carboxylic acids is 6. The summed E-state index contributed by atoms with van der Waals surface area (Å²) in [7, 11) is -13.0. The fraction of sp³-hybridized carbons (Fsp3) is 0.177. The molecule has 0 saturated heterocycles. The molecule has 0 fully saturated rings. The molecule has 0 aliphatic rings. The topological polar surface area (TPSA) is 457 Å². The normalized spacial score (nSPS) is 11.8. The first-order valence-electron chi connectivity index (χ1n) is 28.9. The zero-order valence-electron chi connectivity index (χ0n) is 52.6. The monoisotopic (exact) mass is 1450 g/mol. The van der Waals surface area contributed by atoms with Gasteiger partial charge >= 0.3 is 10.6 Å². The molecule has 0 aliphatic carbocycles. The Hall–Kier alpha value is -10.6. The van der Waals surface area contributed by atoms with Gasteiger partial charge in [0.05, 0.1) is 43.4 Å². The van der Waals surface area contributed by atoms with Gasteiger partial charge in [-0.15, -0.1) is 55.8 Å². The minimum absolute atomic E-state index is 0.0354. The number of hydrogen-bond acceptors (Lipinski definition) is 27. The van der Waals surface area contributed by atoms with Gasteiger partial charge in [-0.05, 0) is 138 Å². The highest BCUT2D eigenvalue weighted by Crippen LogP contribution is 2.43. The Balaban J connectivity index is 0.00000329. The average Bonchev–Trinajstić information content (AvgIpc) is 1.60. The smallest absolute Gasteiger partial charge is 0.372 e. The van der Waals surface area contributed by atoms with Crippen LogP contribution in [0.25, 0.3) is 12.2 Å². The second kappa shape index (κ2) is 33.9. The number of rotatable bonds is 29.